The Hall–Kier alpha value is -0.290. The molecular formula is C12H18BrN3S. The highest BCUT2D eigenvalue weighted by molar-refractivity contribution is 9.10. The standard InChI is InChI=1S/C12H18BrN3S/c1-12(2,3)11-15-9(13)6-10(16-11)14-8-4-5-17-7-8/h6,8H,4-5,7H2,1-3H3,(H,14,15,16). The van der Waals surface area contributed by atoms with E-state index >= 15 is 0 Å². The number of aromatic nitrogens is 2. The summed E-state index contributed by atoms with van der Waals surface area (Å²) in [6.07, 6.45) is 1.22. The summed E-state index contributed by atoms with van der Waals surface area (Å²) in [5.74, 6) is 4.23. The van der Waals surface area contributed by atoms with Crippen LogP contribution in [-0.2, 0) is 5.41 Å². The van der Waals surface area contributed by atoms with E-state index in [9.17, 15) is 0 Å². The van der Waals surface area contributed by atoms with Gasteiger partial charge in [0.1, 0.15) is 16.2 Å². The van der Waals surface area contributed by atoms with Gasteiger partial charge in [-0.3, -0.25) is 0 Å². The van der Waals surface area contributed by atoms with Crippen LogP contribution in [0.1, 0.15) is 33.0 Å². The first-order valence-corrected chi connectivity index (χ1v) is 7.79. The molecule has 0 saturated carbocycles. The second-order valence-corrected chi connectivity index (χ2v) is 7.32. The van der Waals surface area contributed by atoms with E-state index in [1.807, 2.05) is 17.8 Å². The lowest BCUT2D eigenvalue weighted by Crippen LogP contribution is -2.22. The zero-order chi connectivity index (χ0) is 12.5. The summed E-state index contributed by atoms with van der Waals surface area (Å²) in [5.41, 5.74) is -0.0232. The molecule has 2 rings (SSSR count). The molecule has 17 heavy (non-hydrogen) atoms. The van der Waals surface area contributed by atoms with E-state index in [0.29, 0.717) is 6.04 Å². The van der Waals surface area contributed by atoms with Gasteiger partial charge in [-0.2, -0.15) is 11.8 Å². The Labute approximate surface area is 115 Å². The van der Waals surface area contributed by atoms with Gasteiger partial charge in [0.25, 0.3) is 0 Å². The molecule has 1 N–H and O–H groups in total. The Morgan fingerprint density at radius 1 is 1.41 bits per heavy atom. The fourth-order valence-corrected chi connectivity index (χ4v) is 3.22. The van der Waals surface area contributed by atoms with Gasteiger partial charge in [0.05, 0.1) is 0 Å². The molecular weight excluding hydrogens is 298 g/mol. The van der Waals surface area contributed by atoms with Crippen molar-refractivity contribution in [3.63, 3.8) is 0 Å². The number of anilines is 1. The van der Waals surface area contributed by atoms with Crippen LogP contribution in [0.3, 0.4) is 0 Å². The van der Waals surface area contributed by atoms with E-state index in [0.717, 1.165) is 16.2 Å². The van der Waals surface area contributed by atoms with E-state index in [-0.39, 0.29) is 5.41 Å². The fourth-order valence-electron chi connectivity index (χ4n) is 1.68. The third kappa shape index (κ3) is 3.58. The topological polar surface area (TPSA) is 37.8 Å². The lowest BCUT2D eigenvalue weighted by Gasteiger charge is -2.19. The molecule has 0 aliphatic carbocycles. The molecule has 0 aromatic carbocycles. The number of halogens is 1. The Morgan fingerprint density at radius 2 is 2.18 bits per heavy atom. The lowest BCUT2D eigenvalue weighted by molar-refractivity contribution is 0.543. The molecule has 94 valence electrons. The minimum Gasteiger partial charge on any atom is -0.366 e. The molecule has 1 aromatic rings. The van der Waals surface area contributed by atoms with Crippen LogP contribution in [0.15, 0.2) is 10.7 Å². The minimum absolute atomic E-state index is 0.0232. The normalized spacial score (nSPS) is 20.6. The van der Waals surface area contributed by atoms with Gasteiger partial charge in [-0.25, -0.2) is 9.97 Å². The van der Waals surface area contributed by atoms with Gasteiger partial charge in [0.15, 0.2) is 0 Å². The molecule has 1 fully saturated rings. The summed E-state index contributed by atoms with van der Waals surface area (Å²) in [6, 6.07) is 2.51. The van der Waals surface area contributed by atoms with Crippen molar-refractivity contribution in [1.82, 2.24) is 9.97 Å². The molecule has 3 nitrogen and oxygen atoms in total. The minimum atomic E-state index is -0.0232. The predicted molar refractivity (Wildman–Crippen MR) is 77.8 cm³/mol. The highest BCUT2D eigenvalue weighted by atomic mass is 79.9. The first-order chi connectivity index (χ1) is 7.95. The van der Waals surface area contributed by atoms with Gasteiger partial charge in [-0.15, -0.1) is 0 Å². The Bertz CT molecular complexity index is 397. The number of nitrogens with one attached hydrogen (secondary N) is 1. The molecule has 0 bridgehead atoms. The maximum atomic E-state index is 4.61. The van der Waals surface area contributed by atoms with Gasteiger partial charge >= 0.3 is 0 Å². The van der Waals surface area contributed by atoms with Crippen molar-refractivity contribution in [3.8, 4) is 0 Å². The van der Waals surface area contributed by atoms with Crippen LogP contribution in [0.5, 0.6) is 0 Å². The highest BCUT2D eigenvalue weighted by Crippen LogP contribution is 2.25. The molecule has 0 radical (unpaired) electrons. The van der Waals surface area contributed by atoms with Gasteiger partial charge in [0.2, 0.25) is 0 Å². The van der Waals surface area contributed by atoms with Crippen molar-refractivity contribution in [2.45, 2.75) is 38.6 Å². The average molecular weight is 316 g/mol. The predicted octanol–water partition coefficient (Wildman–Crippen LogP) is 3.45. The Kier molecular flexibility index (Phi) is 3.98. The zero-order valence-corrected chi connectivity index (χ0v) is 12.9. The summed E-state index contributed by atoms with van der Waals surface area (Å²) in [5, 5.41) is 3.49. The summed E-state index contributed by atoms with van der Waals surface area (Å²) in [6.45, 7) is 6.39. The summed E-state index contributed by atoms with van der Waals surface area (Å²) in [4.78, 5) is 9.05. The van der Waals surface area contributed by atoms with Crippen LogP contribution in [0.2, 0.25) is 0 Å². The fraction of sp³-hybridized carbons (Fsp3) is 0.667. The number of thioether (sulfide) groups is 1. The molecule has 1 aliphatic heterocycles. The second-order valence-electron chi connectivity index (χ2n) is 5.35. The first-order valence-electron chi connectivity index (χ1n) is 5.84. The molecule has 2 heterocycles. The maximum absolute atomic E-state index is 4.61. The molecule has 0 spiro atoms. The van der Waals surface area contributed by atoms with Crippen LogP contribution in [0, 0.1) is 0 Å². The van der Waals surface area contributed by atoms with Crippen molar-refractivity contribution < 1.29 is 0 Å². The van der Waals surface area contributed by atoms with Gasteiger partial charge in [-0.1, -0.05) is 20.8 Å². The van der Waals surface area contributed by atoms with Crippen molar-refractivity contribution in [3.05, 3.63) is 16.5 Å². The number of rotatable bonds is 2. The van der Waals surface area contributed by atoms with Crippen molar-refractivity contribution in [2.24, 2.45) is 0 Å². The summed E-state index contributed by atoms with van der Waals surface area (Å²) in [7, 11) is 0. The lowest BCUT2D eigenvalue weighted by atomic mass is 9.96. The average Bonchev–Trinajstić information content (AvgIpc) is 2.68. The van der Waals surface area contributed by atoms with Crippen molar-refractivity contribution in [1.29, 1.82) is 0 Å². The van der Waals surface area contributed by atoms with Crippen molar-refractivity contribution >= 4 is 33.5 Å². The quantitative estimate of drug-likeness (QED) is 0.848. The largest absolute Gasteiger partial charge is 0.366 e. The van der Waals surface area contributed by atoms with E-state index < -0.39 is 0 Å². The molecule has 1 aliphatic rings. The third-order valence-electron chi connectivity index (χ3n) is 2.65. The first kappa shape index (κ1) is 13.1. The van der Waals surface area contributed by atoms with Crippen LogP contribution >= 0.6 is 27.7 Å². The smallest absolute Gasteiger partial charge is 0.137 e. The van der Waals surface area contributed by atoms with E-state index in [1.54, 1.807) is 0 Å². The molecule has 1 aromatic heterocycles. The Balaban J connectivity index is 2.19. The zero-order valence-electron chi connectivity index (χ0n) is 10.5. The second kappa shape index (κ2) is 5.14. The SMILES string of the molecule is CC(C)(C)c1nc(Br)cc(NC2CCSC2)n1. The molecule has 1 saturated heterocycles. The summed E-state index contributed by atoms with van der Waals surface area (Å²) < 4.78 is 0.852. The molecule has 5 heteroatoms. The number of hydrogen-bond donors (Lipinski definition) is 1. The number of nitrogens with zero attached hydrogens (tertiary/aromatic N) is 2. The molecule has 1 atom stereocenters. The van der Waals surface area contributed by atoms with Crippen molar-refractivity contribution in [2.75, 3.05) is 16.8 Å². The maximum Gasteiger partial charge on any atom is 0.137 e. The monoisotopic (exact) mass is 315 g/mol. The molecule has 1 unspecified atom stereocenters. The van der Waals surface area contributed by atoms with Crippen LogP contribution in [-0.4, -0.2) is 27.5 Å². The van der Waals surface area contributed by atoms with Crippen LogP contribution in [0.4, 0.5) is 5.82 Å². The van der Waals surface area contributed by atoms with Gasteiger partial charge in [-0.05, 0) is 28.1 Å². The summed E-state index contributed by atoms with van der Waals surface area (Å²) >= 11 is 5.46. The van der Waals surface area contributed by atoms with E-state index in [4.69, 9.17) is 0 Å². The third-order valence-corrected chi connectivity index (χ3v) is 4.22. The van der Waals surface area contributed by atoms with E-state index in [1.165, 1.54) is 17.9 Å². The molecule has 0 amide bonds. The van der Waals surface area contributed by atoms with Crippen LogP contribution in [0.25, 0.3) is 0 Å². The van der Waals surface area contributed by atoms with Gasteiger partial charge in [0, 0.05) is 23.3 Å². The van der Waals surface area contributed by atoms with Gasteiger partial charge < -0.3 is 5.32 Å². The highest BCUT2D eigenvalue weighted by Gasteiger charge is 2.20. The Morgan fingerprint density at radius 3 is 2.76 bits per heavy atom. The number of hydrogen-bond acceptors (Lipinski definition) is 4. The van der Waals surface area contributed by atoms with E-state index in [2.05, 4.69) is 52.0 Å². The van der Waals surface area contributed by atoms with Crippen LogP contribution < -0.4 is 5.32 Å².